The number of hydrogen-bond acceptors (Lipinski definition) is 4. The van der Waals surface area contributed by atoms with Crippen molar-refractivity contribution in [3.05, 3.63) is 35.1 Å². The number of likely N-dealkylation sites (tertiary alicyclic amines) is 1. The Kier molecular flexibility index (Phi) is 5.12. The number of benzene rings is 1. The Bertz CT molecular complexity index is 646. The van der Waals surface area contributed by atoms with Gasteiger partial charge in [-0.25, -0.2) is 4.39 Å². The van der Waals surface area contributed by atoms with E-state index in [4.69, 9.17) is 5.26 Å². The molecule has 0 radical (unpaired) electrons. The van der Waals surface area contributed by atoms with E-state index in [1.165, 1.54) is 6.07 Å². The number of hydrogen-bond donors (Lipinski definition) is 2. The maximum Gasteiger partial charge on any atom is 0.249 e. The van der Waals surface area contributed by atoms with Crippen LogP contribution in [0.25, 0.3) is 0 Å². The van der Waals surface area contributed by atoms with Crippen LogP contribution in [-0.4, -0.2) is 41.1 Å². The lowest BCUT2D eigenvalue weighted by Crippen LogP contribution is -2.45. The molecule has 1 unspecified atom stereocenters. The number of nitriles is 1. The van der Waals surface area contributed by atoms with E-state index in [2.05, 4.69) is 10.2 Å². The first-order valence-corrected chi connectivity index (χ1v) is 8.46. The maximum atomic E-state index is 14.0. The number of nitrogens with zero attached hydrogens (tertiary/aromatic N) is 2. The number of rotatable bonds is 5. The topological polar surface area (TPSA) is 76.4 Å². The van der Waals surface area contributed by atoms with Crippen molar-refractivity contribution in [1.29, 1.82) is 5.26 Å². The quantitative estimate of drug-likeness (QED) is 0.858. The zero-order chi connectivity index (χ0) is 17.1. The number of aliphatic hydroxyl groups is 1. The summed E-state index contributed by atoms with van der Waals surface area (Å²) in [6.07, 6.45) is 2.51. The van der Waals surface area contributed by atoms with E-state index in [0.717, 1.165) is 38.8 Å². The second-order valence-corrected chi connectivity index (χ2v) is 6.76. The summed E-state index contributed by atoms with van der Waals surface area (Å²) in [4.78, 5) is 14.0. The first kappa shape index (κ1) is 16.9. The monoisotopic (exact) mass is 331 g/mol. The van der Waals surface area contributed by atoms with E-state index in [-0.39, 0.29) is 23.7 Å². The third-order valence-corrected chi connectivity index (χ3v) is 4.85. The Hall–Kier alpha value is -1.97. The van der Waals surface area contributed by atoms with Crippen molar-refractivity contribution in [3.8, 4) is 6.07 Å². The normalized spacial score (nSPS) is 20.4. The van der Waals surface area contributed by atoms with Crippen LogP contribution in [0.3, 0.4) is 0 Å². The van der Waals surface area contributed by atoms with Gasteiger partial charge in [-0.1, -0.05) is 6.07 Å². The zero-order valence-electron chi connectivity index (χ0n) is 13.5. The van der Waals surface area contributed by atoms with Crippen LogP contribution in [0.15, 0.2) is 18.2 Å². The average Bonchev–Trinajstić information content (AvgIpc) is 3.40. The van der Waals surface area contributed by atoms with Gasteiger partial charge in [0.25, 0.3) is 0 Å². The van der Waals surface area contributed by atoms with Gasteiger partial charge in [-0.3, -0.25) is 9.69 Å². The summed E-state index contributed by atoms with van der Waals surface area (Å²) < 4.78 is 14.0. The Labute approximate surface area is 141 Å². The van der Waals surface area contributed by atoms with E-state index < -0.39 is 6.10 Å². The molecule has 2 fully saturated rings. The predicted octanol–water partition coefficient (Wildman–Crippen LogP) is 1.55. The molecule has 5 nitrogen and oxygen atoms in total. The molecule has 1 atom stereocenters. The van der Waals surface area contributed by atoms with Crippen LogP contribution in [-0.2, 0) is 11.3 Å². The van der Waals surface area contributed by atoms with Gasteiger partial charge in [0.1, 0.15) is 11.9 Å². The standard InChI is InChI=1S/C18H22FN3O2/c19-16-9-12(10-20)1-2-14(16)11-22-7-5-13(6-8-22)17(23)18(24)21-15-3-4-15/h1-2,9,13,15,17,23H,3-8,11H2,(H,21,24). The molecule has 1 amide bonds. The molecular weight excluding hydrogens is 309 g/mol. The number of carbonyl (C=O) groups is 1. The van der Waals surface area contributed by atoms with Crippen LogP contribution >= 0.6 is 0 Å². The molecule has 1 saturated heterocycles. The molecule has 1 heterocycles. The highest BCUT2D eigenvalue weighted by atomic mass is 19.1. The van der Waals surface area contributed by atoms with Crippen molar-refractivity contribution < 1.29 is 14.3 Å². The Balaban J connectivity index is 1.49. The molecule has 1 aromatic carbocycles. The van der Waals surface area contributed by atoms with E-state index in [9.17, 15) is 14.3 Å². The minimum atomic E-state index is -0.945. The van der Waals surface area contributed by atoms with Gasteiger partial charge in [0.05, 0.1) is 11.6 Å². The molecule has 128 valence electrons. The van der Waals surface area contributed by atoms with Gasteiger partial charge in [0, 0.05) is 18.2 Å². The summed E-state index contributed by atoms with van der Waals surface area (Å²) in [5, 5.41) is 21.8. The average molecular weight is 331 g/mol. The van der Waals surface area contributed by atoms with E-state index >= 15 is 0 Å². The summed E-state index contributed by atoms with van der Waals surface area (Å²) in [6.45, 7) is 1.92. The molecule has 24 heavy (non-hydrogen) atoms. The van der Waals surface area contributed by atoms with Crippen LogP contribution in [0.5, 0.6) is 0 Å². The lowest BCUT2D eigenvalue weighted by atomic mass is 9.90. The van der Waals surface area contributed by atoms with Crippen LogP contribution in [0.2, 0.25) is 0 Å². The SMILES string of the molecule is N#Cc1ccc(CN2CCC(C(O)C(=O)NC3CC3)CC2)c(F)c1. The van der Waals surface area contributed by atoms with Gasteiger partial charge in [0.15, 0.2) is 0 Å². The summed E-state index contributed by atoms with van der Waals surface area (Å²) in [5.41, 5.74) is 0.888. The summed E-state index contributed by atoms with van der Waals surface area (Å²) in [6, 6.07) is 6.71. The lowest BCUT2D eigenvalue weighted by molar-refractivity contribution is -0.133. The number of aliphatic hydroxyl groups excluding tert-OH is 1. The summed E-state index contributed by atoms with van der Waals surface area (Å²) in [5.74, 6) is -0.653. The van der Waals surface area contributed by atoms with Crippen molar-refractivity contribution in [2.45, 2.75) is 44.4 Å². The number of amides is 1. The van der Waals surface area contributed by atoms with Gasteiger partial charge in [-0.2, -0.15) is 5.26 Å². The molecule has 6 heteroatoms. The highest BCUT2D eigenvalue weighted by molar-refractivity contribution is 5.81. The molecule has 1 aromatic rings. The molecule has 1 aliphatic carbocycles. The van der Waals surface area contributed by atoms with Gasteiger partial charge in [0.2, 0.25) is 5.91 Å². The van der Waals surface area contributed by atoms with Gasteiger partial charge in [-0.05, 0) is 56.8 Å². The number of carbonyl (C=O) groups excluding carboxylic acids is 1. The molecule has 2 N–H and O–H groups in total. The molecule has 0 bridgehead atoms. The van der Waals surface area contributed by atoms with E-state index in [1.807, 2.05) is 6.07 Å². The Morgan fingerprint density at radius 1 is 1.38 bits per heavy atom. The van der Waals surface area contributed by atoms with Crippen LogP contribution in [0, 0.1) is 23.1 Å². The molecular formula is C18H22FN3O2. The Morgan fingerprint density at radius 2 is 2.08 bits per heavy atom. The summed E-state index contributed by atoms with van der Waals surface area (Å²) >= 11 is 0. The lowest BCUT2D eigenvalue weighted by Gasteiger charge is -2.33. The van der Waals surface area contributed by atoms with Gasteiger partial charge >= 0.3 is 0 Å². The Morgan fingerprint density at radius 3 is 2.67 bits per heavy atom. The molecule has 3 rings (SSSR count). The molecule has 0 aromatic heterocycles. The van der Waals surface area contributed by atoms with Crippen LogP contribution < -0.4 is 5.32 Å². The highest BCUT2D eigenvalue weighted by Crippen LogP contribution is 2.24. The van der Waals surface area contributed by atoms with Crippen molar-refractivity contribution in [1.82, 2.24) is 10.2 Å². The molecule has 2 aliphatic rings. The van der Waals surface area contributed by atoms with Crippen molar-refractivity contribution in [2.75, 3.05) is 13.1 Å². The maximum absolute atomic E-state index is 14.0. The fourth-order valence-electron chi connectivity index (χ4n) is 3.14. The van der Waals surface area contributed by atoms with Crippen LogP contribution in [0.1, 0.15) is 36.8 Å². The number of nitrogens with one attached hydrogen (secondary N) is 1. The second-order valence-electron chi connectivity index (χ2n) is 6.76. The predicted molar refractivity (Wildman–Crippen MR) is 86.3 cm³/mol. The molecule has 1 saturated carbocycles. The van der Waals surface area contributed by atoms with Crippen molar-refractivity contribution >= 4 is 5.91 Å². The van der Waals surface area contributed by atoms with Gasteiger partial charge < -0.3 is 10.4 Å². The third kappa shape index (κ3) is 4.11. The first-order chi connectivity index (χ1) is 11.6. The van der Waals surface area contributed by atoms with E-state index in [1.54, 1.807) is 12.1 Å². The highest BCUT2D eigenvalue weighted by Gasteiger charge is 2.33. The fourth-order valence-corrected chi connectivity index (χ4v) is 3.14. The van der Waals surface area contributed by atoms with Gasteiger partial charge in [-0.15, -0.1) is 0 Å². The minimum Gasteiger partial charge on any atom is -0.383 e. The largest absolute Gasteiger partial charge is 0.383 e. The van der Waals surface area contributed by atoms with Crippen molar-refractivity contribution in [2.24, 2.45) is 5.92 Å². The molecule has 0 spiro atoms. The second kappa shape index (κ2) is 7.29. The summed E-state index contributed by atoms with van der Waals surface area (Å²) in [7, 11) is 0. The van der Waals surface area contributed by atoms with Crippen LogP contribution in [0.4, 0.5) is 4.39 Å². The first-order valence-electron chi connectivity index (χ1n) is 8.46. The number of halogens is 1. The van der Waals surface area contributed by atoms with E-state index in [0.29, 0.717) is 17.7 Å². The minimum absolute atomic E-state index is 0.0363. The van der Waals surface area contributed by atoms with Crippen molar-refractivity contribution in [3.63, 3.8) is 0 Å². The zero-order valence-corrected chi connectivity index (χ0v) is 13.5. The fraction of sp³-hybridized carbons (Fsp3) is 0.556. The number of piperidine rings is 1. The molecule has 1 aliphatic heterocycles. The smallest absolute Gasteiger partial charge is 0.249 e. The third-order valence-electron chi connectivity index (χ3n) is 4.85.